The molecule has 0 saturated carbocycles. The van der Waals surface area contributed by atoms with Crippen molar-refractivity contribution in [2.24, 2.45) is 0 Å². The molecule has 0 saturated heterocycles. The molecule has 1 aliphatic heterocycles. The summed E-state index contributed by atoms with van der Waals surface area (Å²) in [6.07, 6.45) is -0.454. The summed E-state index contributed by atoms with van der Waals surface area (Å²) in [6.45, 7) is 2.13. The Morgan fingerprint density at radius 3 is 2.54 bits per heavy atom. The highest BCUT2D eigenvalue weighted by Crippen LogP contribution is 2.37. The van der Waals surface area contributed by atoms with Crippen LogP contribution in [0.15, 0.2) is 84.0 Å². The van der Waals surface area contributed by atoms with Crippen LogP contribution in [-0.2, 0) is 4.79 Å². The first-order valence-corrected chi connectivity index (χ1v) is 12.0. The number of carbonyl (C=O) groups is 1. The number of amides is 1. The SMILES string of the molecule is COc1ccccc1NC(=O)[C@H](C)Sc1nnc([C@H]2COc3ccccc3O2)n1-c1ccccc1. The van der Waals surface area contributed by atoms with Crippen molar-refractivity contribution in [3.8, 4) is 22.9 Å². The highest BCUT2D eigenvalue weighted by Gasteiger charge is 2.30. The fourth-order valence-electron chi connectivity index (χ4n) is 3.73. The molecule has 8 nitrogen and oxygen atoms in total. The second-order valence-electron chi connectivity index (χ2n) is 7.83. The van der Waals surface area contributed by atoms with Crippen molar-refractivity contribution in [2.45, 2.75) is 23.4 Å². The number of methoxy groups -OCH3 is 1. The van der Waals surface area contributed by atoms with Crippen LogP contribution >= 0.6 is 11.8 Å². The first-order chi connectivity index (χ1) is 17.1. The summed E-state index contributed by atoms with van der Waals surface area (Å²) in [5, 5.41) is 11.9. The smallest absolute Gasteiger partial charge is 0.237 e. The predicted molar refractivity (Wildman–Crippen MR) is 134 cm³/mol. The van der Waals surface area contributed by atoms with Gasteiger partial charge in [-0.15, -0.1) is 10.2 Å². The number of carbonyl (C=O) groups excluding carboxylic acids is 1. The van der Waals surface area contributed by atoms with Gasteiger partial charge in [-0.25, -0.2) is 0 Å². The Kier molecular flexibility index (Phi) is 6.58. The second kappa shape index (κ2) is 10.1. The number of thioether (sulfide) groups is 1. The van der Waals surface area contributed by atoms with E-state index in [0.29, 0.717) is 40.5 Å². The van der Waals surface area contributed by atoms with E-state index in [4.69, 9.17) is 14.2 Å². The van der Waals surface area contributed by atoms with Gasteiger partial charge in [0.05, 0.1) is 18.0 Å². The molecule has 178 valence electrons. The molecule has 0 fully saturated rings. The third kappa shape index (κ3) is 4.81. The quantitative estimate of drug-likeness (QED) is 0.370. The molecule has 4 aromatic rings. The number of aromatic nitrogens is 3. The molecule has 0 bridgehead atoms. The van der Waals surface area contributed by atoms with Gasteiger partial charge in [-0.1, -0.05) is 54.2 Å². The van der Waals surface area contributed by atoms with E-state index in [-0.39, 0.29) is 5.91 Å². The van der Waals surface area contributed by atoms with Crippen LogP contribution in [-0.4, -0.2) is 39.6 Å². The molecular weight excluding hydrogens is 464 g/mol. The second-order valence-corrected chi connectivity index (χ2v) is 9.13. The lowest BCUT2D eigenvalue weighted by molar-refractivity contribution is -0.115. The highest BCUT2D eigenvalue weighted by molar-refractivity contribution is 8.00. The molecule has 2 heterocycles. The lowest BCUT2D eigenvalue weighted by Gasteiger charge is -2.26. The standard InChI is InChI=1S/C26H24N4O4S/c1-17(25(31)27-19-12-6-7-13-20(19)32-2)35-26-29-28-24(30(26)18-10-4-3-5-11-18)23-16-33-21-14-8-9-15-22(21)34-23/h3-15,17,23H,16H2,1-2H3,(H,27,31)/t17-,23+/m0/s1. The molecule has 2 atom stereocenters. The van der Waals surface area contributed by atoms with Gasteiger partial charge in [0.1, 0.15) is 12.4 Å². The monoisotopic (exact) mass is 488 g/mol. The van der Waals surface area contributed by atoms with Gasteiger partial charge >= 0.3 is 0 Å². The zero-order chi connectivity index (χ0) is 24.2. The molecule has 0 unspecified atom stereocenters. The van der Waals surface area contributed by atoms with Gasteiger partial charge in [-0.2, -0.15) is 0 Å². The molecule has 0 aliphatic carbocycles. The molecule has 9 heteroatoms. The van der Waals surface area contributed by atoms with Crippen LogP contribution in [0.2, 0.25) is 0 Å². The summed E-state index contributed by atoms with van der Waals surface area (Å²) >= 11 is 1.32. The topological polar surface area (TPSA) is 87.5 Å². The first kappa shape index (κ1) is 22.8. The zero-order valence-electron chi connectivity index (χ0n) is 19.3. The number of nitrogens with one attached hydrogen (secondary N) is 1. The Labute approximate surface area is 207 Å². The van der Waals surface area contributed by atoms with Crippen molar-refractivity contribution in [3.05, 3.63) is 84.7 Å². The third-order valence-electron chi connectivity index (χ3n) is 5.49. The summed E-state index contributed by atoms with van der Waals surface area (Å²) < 4.78 is 19.4. The Bertz CT molecular complexity index is 1330. The van der Waals surface area contributed by atoms with E-state index in [1.165, 1.54) is 11.8 Å². The van der Waals surface area contributed by atoms with Crippen LogP contribution in [0.4, 0.5) is 5.69 Å². The maximum absolute atomic E-state index is 13.0. The van der Waals surface area contributed by atoms with Crippen molar-refractivity contribution in [1.82, 2.24) is 14.8 Å². The van der Waals surface area contributed by atoms with Crippen molar-refractivity contribution in [3.63, 3.8) is 0 Å². The molecule has 3 aromatic carbocycles. The number of fused-ring (bicyclic) bond motifs is 1. The summed E-state index contributed by atoms with van der Waals surface area (Å²) in [7, 11) is 1.57. The number of benzene rings is 3. The number of hydrogen-bond donors (Lipinski definition) is 1. The maximum atomic E-state index is 13.0. The van der Waals surface area contributed by atoms with E-state index in [1.807, 2.05) is 78.2 Å². The molecule has 1 N–H and O–H groups in total. The maximum Gasteiger partial charge on any atom is 0.237 e. The van der Waals surface area contributed by atoms with Crippen LogP contribution in [0, 0.1) is 0 Å². The van der Waals surface area contributed by atoms with Crippen LogP contribution in [0.3, 0.4) is 0 Å². The summed E-state index contributed by atoms with van der Waals surface area (Å²) in [5.41, 5.74) is 1.49. The summed E-state index contributed by atoms with van der Waals surface area (Å²) in [4.78, 5) is 13.0. The average Bonchev–Trinajstić information content (AvgIpc) is 3.32. The third-order valence-corrected chi connectivity index (χ3v) is 6.53. The highest BCUT2D eigenvalue weighted by atomic mass is 32.2. The Balaban J connectivity index is 1.41. The van der Waals surface area contributed by atoms with Gasteiger partial charge in [-0.05, 0) is 43.3 Å². The van der Waals surface area contributed by atoms with Gasteiger partial charge in [0.15, 0.2) is 28.6 Å². The van der Waals surface area contributed by atoms with Gasteiger partial charge < -0.3 is 19.5 Å². The van der Waals surface area contributed by atoms with E-state index in [0.717, 1.165) is 5.69 Å². The fourth-order valence-corrected chi connectivity index (χ4v) is 4.60. The first-order valence-electron chi connectivity index (χ1n) is 11.1. The molecule has 5 rings (SSSR count). The number of ether oxygens (including phenoxy) is 3. The Morgan fingerprint density at radius 2 is 1.74 bits per heavy atom. The number of para-hydroxylation sites is 5. The number of rotatable bonds is 7. The van der Waals surface area contributed by atoms with E-state index in [1.54, 1.807) is 19.2 Å². The van der Waals surface area contributed by atoms with E-state index < -0.39 is 11.4 Å². The van der Waals surface area contributed by atoms with Gasteiger partial charge in [0.25, 0.3) is 0 Å². The Morgan fingerprint density at radius 1 is 1.03 bits per heavy atom. The van der Waals surface area contributed by atoms with Gasteiger partial charge in [0, 0.05) is 5.69 Å². The largest absolute Gasteiger partial charge is 0.495 e. The average molecular weight is 489 g/mol. The molecular formula is C26H24N4O4S. The van der Waals surface area contributed by atoms with E-state index in [9.17, 15) is 4.79 Å². The van der Waals surface area contributed by atoms with E-state index in [2.05, 4.69) is 15.5 Å². The van der Waals surface area contributed by atoms with Crippen LogP contribution in [0.1, 0.15) is 18.9 Å². The minimum atomic E-state index is -0.455. The van der Waals surface area contributed by atoms with Crippen molar-refractivity contribution < 1.29 is 19.0 Å². The van der Waals surface area contributed by atoms with Crippen LogP contribution < -0.4 is 19.5 Å². The number of nitrogens with zero attached hydrogens (tertiary/aromatic N) is 3. The zero-order valence-corrected chi connectivity index (χ0v) is 20.1. The molecule has 1 aliphatic rings. The number of anilines is 1. The van der Waals surface area contributed by atoms with Gasteiger partial charge in [0.2, 0.25) is 5.91 Å². The molecule has 1 amide bonds. The number of hydrogen-bond acceptors (Lipinski definition) is 7. The minimum absolute atomic E-state index is 0.171. The lowest BCUT2D eigenvalue weighted by Crippen LogP contribution is -2.25. The van der Waals surface area contributed by atoms with Crippen LogP contribution in [0.5, 0.6) is 17.2 Å². The summed E-state index contributed by atoms with van der Waals surface area (Å²) in [6, 6.07) is 24.6. The van der Waals surface area contributed by atoms with Crippen molar-refractivity contribution >= 4 is 23.4 Å². The fraction of sp³-hybridized carbons (Fsp3) is 0.192. The lowest BCUT2D eigenvalue weighted by atomic mass is 10.2. The molecule has 0 radical (unpaired) electrons. The Hall–Kier alpha value is -3.98. The van der Waals surface area contributed by atoms with E-state index >= 15 is 0 Å². The minimum Gasteiger partial charge on any atom is -0.495 e. The van der Waals surface area contributed by atoms with Gasteiger partial charge in [-0.3, -0.25) is 9.36 Å². The normalized spacial score (nSPS) is 15.3. The predicted octanol–water partition coefficient (Wildman–Crippen LogP) is 4.91. The van der Waals surface area contributed by atoms with Crippen LogP contribution in [0.25, 0.3) is 5.69 Å². The molecule has 0 spiro atoms. The summed E-state index contributed by atoms with van der Waals surface area (Å²) in [5.74, 6) is 2.39. The van der Waals surface area contributed by atoms with Crippen molar-refractivity contribution in [2.75, 3.05) is 19.0 Å². The van der Waals surface area contributed by atoms with Crippen molar-refractivity contribution in [1.29, 1.82) is 0 Å². The molecule has 35 heavy (non-hydrogen) atoms. The molecule has 1 aromatic heterocycles.